The van der Waals surface area contributed by atoms with Crippen molar-refractivity contribution in [3.05, 3.63) is 67.0 Å². The van der Waals surface area contributed by atoms with Gasteiger partial charge in [0.15, 0.2) is 12.0 Å². The van der Waals surface area contributed by atoms with E-state index < -0.39 is 12.2 Å². The van der Waals surface area contributed by atoms with E-state index in [0.29, 0.717) is 34.5 Å². The third kappa shape index (κ3) is 4.43. The van der Waals surface area contributed by atoms with Crippen LogP contribution < -0.4 is 10.2 Å². The van der Waals surface area contributed by atoms with Crippen molar-refractivity contribution in [2.75, 3.05) is 13.7 Å². The first kappa shape index (κ1) is 21.9. The molecule has 3 aromatic heterocycles. The van der Waals surface area contributed by atoms with Gasteiger partial charge in [0.05, 0.1) is 18.2 Å². The van der Waals surface area contributed by atoms with Crippen LogP contribution in [-0.2, 0) is 9.57 Å². The van der Waals surface area contributed by atoms with E-state index in [1.165, 1.54) is 13.4 Å². The Hall–Kier alpha value is -3.95. The van der Waals surface area contributed by atoms with Gasteiger partial charge in [-0.15, -0.1) is 0 Å². The average Bonchev–Trinajstić information content (AvgIpc) is 2.91. The van der Waals surface area contributed by atoms with Gasteiger partial charge in [0.25, 0.3) is 5.91 Å². The number of carbonyl (C=O) groups excluding carboxylic acids is 1. The molecular weight excluding hydrogens is 434 g/mol. The Morgan fingerprint density at radius 1 is 1.00 bits per heavy atom. The fraction of sp³-hybridized carbons (Fsp3) is 0.240. The molecule has 1 amide bonds. The number of rotatable bonds is 6. The Morgan fingerprint density at radius 3 is 2.53 bits per heavy atom. The van der Waals surface area contributed by atoms with Crippen molar-refractivity contribution in [2.24, 2.45) is 0 Å². The maximum atomic E-state index is 13.3. The van der Waals surface area contributed by atoms with E-state index in [-0.39, 0.29) is 0 Å². The maximum absolute atomic E-state index is 13.3. The highest BCUT2D eigenvalue weighted by molar-refractivity contribution is 6.09. The summed E-state index contributed by atoms with van der Waals surface area (Å²) in [5.41, 5.74) is 6.65. The third-order valence-corrected chi connectivity index (χ3v) is 5.65. The van der Waals surface area contributed by atoms with E-state index in [4.69, 9.17) is 19.3 Å². The summed E-state index contributed by atoms with van der Waals surface area (Å²) in [6.45, 7) is 0.612. The summed E-state index contributed by atoms with van der Waals surface area (Å²) in [7, 11) is 1.51. The van der Waals surface area contributed by atoms with E-state index in [1.807, 2.05) is 24.3 Å². The standard InChI is InChI=1S/C25H23N5O4/c1-32-24-22(25(31)30-34-21-4-2-3-11-33-21)19-14-26-10-9-20(19)29-23(24)17-7-5-16(6-8-17)18-12-27-15-28-13-18/h5-10,12-15,21H,2-4,11H2,1H3,(H,30,31). The van der Waals surface area contributed by atoms with Crippen LogP contribution in [0, 0.1) is 0 Å². The van der Waals surface area contributed by atoms with Crippen LogP contribution in [0.3, 0.4) is 0 Å². The van der Waals surface area contributed by atoms with E-state index in [1.54, 1.807) is 30.9 Å². The van der Waals surface area contributed by atoms with Crippen LogP contribution in [0.25, 0.3) is 33.3 Å². The van der Waals surface area contributed by atoms with Gasteiger partial charge in [-0.25, -0.2) is 25.3 Å². The van der Waals surface area contributed by atoms with Gasteiger partial charge in [0.1, 0.15) is 12.0 Å². The molecule has 1 saturated heterocycles. The number of fused-ring (bicyclic) bond motifs is 1. The van der Waals surface area contributed by atoms with Crippen molar-refractivity contribution < 1.29 is 19.1 Å². The van der Waals surface area contributed by atoms with Crippen molar-refractivity contribution in [3.8, 4) is 28.1 Å². The van der Waals surface area contributed by atoms with Gasteiger partial charge in [0.2, 0.25) is 0 Å². The molecule has 9 heteroatoms. The first-order chi connectivity index (χ1) is 16.7. The molecule has 1 fully saturated rings. The smallest absolute Gasteiger partial charge is 0.279 e. The highest BCUT2D eigenvalue weighted by Crippen LogP contribution is 2.36. The topological polar surface area (TPSA) is 108 Å². The molecule has 0 saturated carbocycles. The summed E-state index contributed by atoms with van der Waals surface area (Å²) < 4.78 is 11.3. The predicted octanol–water partition coefficient (Wildman–Crippen LogP) is 3.95. The Labute approximate surface area is 196 Å². The molecule has 1 N–H and O–H groups in total. The number of nitrogens with one attached hydrogen (secondary N) is 1. The number of nitrogens with zero attached hydrogens (tertiary/aromatic N) is 4. The van der Waals surface area contributed by atoms with E-state index >= 15 is 0 Å². The summed E-state index contributed by atoms with van der Waals surface area (Å²) in [5, 5.41) is 0.562. The van der Waals surface area contributed by atoms with Crippen LogP contribution in [0.5, 0.6) is 5.75 Å². The zero-order valence-electron chi connectivity index (χ0n) is 18.6. The third-order valence-electron chi connectivity index (χ3n) is 5.65. The Balaban J connectivity index is 1.53. The number of aromatic nitrogens is 4. The fourth-order valence-electron chi connectivity index (χ4n) is 3.95. The molecule has 1 unspecified atom stereocenters. The van der Waals surface area contributed by atoms with Crippen LogP contribution in [0.4, 0.5) is 0 Å². The monoisotopic (exact) mass is 457 g/mol. The highest BCUT2D eigenvalue weighted by Gasteiger charge is 2.24. The predicted molar refractivity (Wildman–Crippen MR) is 125 cm³/mol. The number of methoxy groups -OCH3 is 1. The molecule has 34 heavy (non-hydrogen) atoms. The summed E-state index contributed by atoms with van der Waals surface area (Å²) in [4.78, 5) is 35.9. The molecule has 0 aliphatic carbocycles. The Bertz CT molecular complexity index is 1290. The lowest BCUT2D eigenvalue weighted by Crippen LogP contribution is -2.33. The maximum Gasteiger partial charge on any atom is 0.279 e. The van der Waals surface area contributed by atoms with Gasteiger partial charge in [-0.05, 0) is 24.5 Å². The second kappa shape index (κ2) is 9.90. The van der Waals surface area contributed by atoms with Crippen LogP contribution in [-0.4, -0.2) is 45.8 Å². The minimum absolute atomic E-state index is 0.298. The van der Waals surface area contributed by atoms with Gasteiger partial charge >= 0.3 is 0 Å². The van der Waals surface area contributed by atoms with Crippen LogP contribution in [0.15, 0.2) is 61.4 Å². The summed E-state index contributed by atoms with van der Waals surface area (Å²) in [6, 6.07) is 9.52. The first-order valence-electron chi connectivity index (χ1n) is 11.0. The number of hydrogen-bond acceptors (Lipinski definition) is 8. The lowest BCUT2D eigenvalue weighted by Gasteiger charge is -2.22. The molecule has 1 aliphatic heterocycles. The van der Waals surface area contributed by atoms with Gasteiger partial charge in [-0.2, -0.15) is 0 Å². The van der Waals surface area contributed by atoms with Crippen molar-refractivity contribution in [1.29, 1.82) is 0 Å². The second-order valence-corrected chi connectivity index (χ2v) is 7.81. The number of carbonyl (C=O) groups is 1. The average molecular weight is 457 g/mol. The lowest BCUT2D eigenvalue weighted by atomic mass is 10.0. The molecule has 0 bridgehead atoms. The summed E-state index contributed by atoms with van der Waals surface area (Å²) in [6.07, 6.45) is 10.5. The van der Waals surface area contributed by atoms with Crippen LogP contribution in [0.2, 0.25) is 0 Å². The van der Waals surface area contributed by atoms with E-state index in [0.717, 1.165) is 36.0 Å². The highest BCUT2D eigenvalue weighted by atomic mass is 16.8. The molecule has 9 nitrogen and oxygen atoms in total. The molecule has 1 atom stereocenters. The van der Waals surface area contributed by atoms with Crippen molar-refractivity contribution in [2.45, 2.75) is 25.6 Å². The van der Waals surface area contributed by atoms with Crippen molar-refractivity contribution in [3.63, 3.8) is 0 Å². The molecule has 0 spiro atoms. The second-order valence-electron chi connectivity index (χ2n) is 7.81. The summed E-state index contributed by atoms with van der Waals surface area (Å²) in [5.74, 6) is -0.118. The SMILES string of the molecule is COc1c(-c2ccc(-c3cncnc3)cc2)nc2ccncc2c1C(=O)NOC1CCCCO1. The largest absolute Gasteiger partial charge is 0.494 e. The van der Waals surface area contributed by atoms with Gasteiger partial charge < -0.3 is 9.47 Å². The van der Waals surface area contributed by atoms with Crippen molar-refractivity contribution >= 4 is 16.8 Å². The number of hydroxylamine groups is 1. The minimum atomic E-state index is -0.469. The lowest BCUT2D eigenvalue weighted by molar-refractivity contribution is -0.186. The Morgan fingerprint density at radius 2 is 1.79 bits per heavy atom. The zero-order chi connectivity index (χ0) is 23.3. The normalized spacial score (nSPS) is 15.7. The molecular formula is C25H23N5O4. The fourth-order valence-corrected chi connectivity index (χ4v) is 3.95. The Kier molecular flexibility index (Phi) is 6.37. The molecule has 5 rings (SSSR count). The van der Waals surface area contributed by atoms with Crippen LogP contribution in [0.1, 0.15) is 29.6 Å². The van der Waals surface area contributed by atoms with Crippen molar-refractivity contribution in [1.82, 2.24) is 25.4 Å². The minimum Gasteiger partial charge on any atom is -0.494 e. The number of ether oxygens (including phenoxy) is 2. The first-order valence-corrected chi connectivity index (χ1v) is 11.0. The van der Waals surface area contributed by atoms with E-state index in [9.17, 15) is 4.79 Å². The molecule has 1 aliphatic rings. The number of benzene rings is 1. The van der Waals surface area contributed by atoms with E-state index in [2.05, 4.69) is 20.4 Å². The van der Waals surface area contributed by atoms with Gasteiger partial charge in [-0.1, -0.05) is 24.3 Å². The van der Waals surface area contributed by atoms with Crippen LogP contribution >= 0.6 is 0 Å². The summed E-state index contributed by atoms with van der Waals surface area (Å²) >= 11 is 0. The van der Waals surface area contributed by atoms with Gasteiger partial charge in [-0.3, -0.25) is 9.78 Å². The molecule has 1 aromatic carbocycles. The molecule has 4 aromatic rings. The number of hydrogen-bond donors (Lipinski definition) is 1. The molecule has 172 valence electrons. The van der Waals surface area contributed by atoms with Gasteiger partial charge in [0, 0.05) is 54.3 Å². The quantitative estimate of drug-likeness (QED) is 0.434. The number of amides is 1. The molecule has 0 radical (unpaired) electrons. The zero-order valence-corrected chi connectivity index (χ0v) is 18.6. The molecule has 4 heterocycles. The number of pyridine rings is 2.